The molecule has 110 valence electrons. The van der Waals surface area contributed by atoms with Crippen molar-refractivity contribution in [2.75, 3.05) is 7.11 Å². The summed E-state index contributed by atoms with van der Waals surface area (Å²) < 4.78 is 6.09. The van der Waals surface area contributed by atoms with E-state index in [2.05, 4.69) is 21.2 Å². The van der Waals surface area contributed by atoms with E-state index in [1.807, 2.05) is 0 Å². The Hall–Kier alpha value is -1.11. The van der Waals surface area contributed by atoms with Crippen LogP contribution in [0.4, 0.5) is 0 Å². The molecule has 1 amide bonds. The largest absolute Gasteiger partial charge is 0.495 e. The Labute approximate surface area is 141 Å². The van der Waals surface area contributed by atoms with Crippen molar-refractivity contribution < 1.29 is 9.53 Å². The van der Waals surface area contributed by atoms with E-state index in [0.717, 1.165) is 17.3 Å². The van der Waals surface area contributed by atoms with Crippen molar-refractivity contribution in [2.24, 2.45) is 0 Å². The fourth-order valence-electron chi connectivity index (χ4n) is 2.27. The molecule has 1 saturated heterocycles. The molecule has 0 bridgehead atoms. The topological polar surface area (TPSA) is 41.6 Å². The summed E-state index contributed by atoms with van der Waals surface area (Å²) >= 11 is 14.7. The van der Waals surface area contributed by atoms with Crippen molar-refractivity contribution in [1.82, 2.24) is 10.2 Å². The number of nitrogens with zero attached hydrogens (tertiary/aromatic N) is 1. The number of methoxy groups -OCH3 is 1. The molecule has 3 rings (SSSR count). The van der Waals surface area contributed by atoms with Crippen LogP contribution in [0.1, 0.15) is 18.4 Å². The molecule has 0 aromatic heterocycles. The van der Waals surface area contributed by atoms with Crippen molar-refractivity contribution in [3.8, 4) is 5.75 Å². The van der Waals surface area contributed by atoms with Crippen LogP contribution in [0.3, 0.4) is 0 Å². The number of halogens is 2. The first kappa shape index (κ1) is 14.8. The van der Waals surface area contributed by atoms with Gasteiger partial charge in [0.15, 0.2) is 5.11 Å². The first-order valence-corrected chi connectivity index (χ1v) is 7.98. The molecule has 1 heterocycles. The Bertz CT molecular complexity index is 673. The Morgan fingerprint density at radius 2 is 2.24 bits per heavy atom. The summed E-state index contributed by atoms with van der Waals surface area (Å²) in [5.74, 6) is 0.526. The maximum atomic E-state index is 12.4. The molecule has 1 N–H and O–H groups in total. The van der Waals surface area contributed by atoms with Crippen molar-refractivity contribution in [1.29, 1.82) is 0 Å². The quantitative estimate of drug-likeness (QED) is 0.638. The van der Waals surface area contributed by atoms with E-state index in [1.54, 1.807) is 30.2 Å². The van der Waals surface area contributed by atoms with Gasteiger partial charge in [0.05, 0.1) is 11.6 Å². The Morgan fingerprint density at radius 3 is 2.86 bits per heavy atom. The Balaban J connectivity index is 1.99. The zero-order valence-electron chi connectivity index (χ0n) is 11.2. The van der Waals surface area contributed by atoms with Crippen LogP contribution in [0.25, 0.3) is 6.08 Å². The molecule has 4 nitrogen and oxygen atoms in total. The number of carbonyl (C=O) groups is 1. The van der Waals surface area contributed by atoms with Crippen LogP contribution in [0.5, 0.6) is 5.75 Å². The van der Waals surface area contributed by atoms with Gasteiger partial charge in [0.1, 0.15) is 11.4 Å². The highest BCUT2D eigenvalue weighted by Gasteiger charge is 2.41. The highest BCUT2D eigenvalue weighted by molar-refractivity contribution is 9.10. The minimum atomic E-state index is -0.0966. The fraction of sp³-hybridized carbons (Fsp3) is 0.286. The van der Waals surface area contributed by atoms with Gasteiger partial charge in [-0.25, -0.2) is 0 Å². The summed E-state index contributed by atoms with van der Waals surface area (Å²) in [4.78, 5) is 14.0. The average Bonchev–Trinajstić information content (AvgIpc) is 3.18. The lowest BCUT2D eigenvalue weighted by atomic mass is 10.1. The van der Waals surface area contributed by atoms with Gasteiger partial charge < -0.3 is 10.1 Å². The lowest BCUT2D eigenvalue weighted by Crippen LogP contribution is -2.32. The normalized spacial score (nSPS) is 20.1. The predicted octanol–water partition coefficient (Wildman–Crippen LogP) is 3.33. The Kier molecular flexibility index (Phi) is 3.94. The lowest BCUT2D eigenvalue weighted by molar-refractivity contribution is -0.122. The van der Waals surface area contributed by atoms with Gasteiger partial charge in [-0.15, -0.1) is 0 Å². The maximum absolute atomic E-state index is 12.4. The van der Waals surface area contributed by atoms with Gasteiger partial charge in [0.2, 0.25) is 0 Å². The second kappa shape index (κ2) is 5.59. The number of benzene rings is 1. The molecule has 0 atom stereocenters. The van der Waals surface area contributed by atoms with E-state index >= 15 is 0 Å². The number of amides is 1. The second-order valence-corrected chi connectivity index (χ2v) is 6.58. The third-order valence-electron chi connectivity index (χ3n) is 3.36. The number of carbonyl (C=O) groups excluding carboxylic acids is 1. The van der Waals surface area contributed by atoms with Crippen LogP contribution in [0.15, 0.2) is 22.3 Å². The molecular weight excluding hydrogens is 376 g/mol. The van der Waals surface area contributed by atoms with Crippen LogP contribution in [-0.4, -0.2) is 29.1 Å². The molecule has 1 aromatic rings. The number of thiocarbonyl (C=S) groups is 1. The number of hydrogen-bond donors (Lipinski definition) is 1. The zero-order chi connectivity index (χ0) is 15.1. The molecule has 1 aliphatic heterocycles. The molecule has 7 heteroatoms. The first-order valence-electron chi connectivity index (χ1n) is 6.40. The summed E-state index contributed by atoms with van der Waals surface area (Å²) in [6, 6.07) is 3.74. The van der Waals surface area contributed by atoms with Gasteiger partial charge in [-0.3, -0.25) is 9.69 Å². The van der Waals surface area contributed by atoms with Gasteiger partial charge in [-0.2, -0.15) is 0 Å². The smallest absolute Gasteiger partial charge is 0.276 e. The van der Waals surface area contributed by atoms with E-state index in [9.17, 15) is 4.79 Å². The van der Waals surface area contributed by atoms with Gasteiger partial charge >= 0.3 is 0 Å². The van der Waals surface area contributed by atoms with Gasteiger partial charge in [0.25, 0.3) is 5.91 Å². The second-order valence-electron chi connectivity index (χ2n) is 4.90. The van der Waals surface area contributed by atoms with E-state index in [1.165, 1.54) is 0 Å². The van der Waals surface area contributed by atoms with Crippen molar-refractivity contribution >= 4 is 56.8 Å². The van der Waals surface area contributed by atoms with Crippen LogP contribution >= 0.6 is 39.7 Å². The fourth-order valence-corrected chi connectivity index (χ4v) is 3.61. The molecule has 0 spiro atoms. The molecule has 0 unspecified atom stereocenters. The molecule has 2 aliphatic rings. The van der Waals surface area contributed by atoms with Crippen molar-refractivity contribution in [3.63, 3.8) is 0 Å². The van der Waals surface area contributed by atoms with Crippen molar-refractivity contribution in [2.45, 2.75) is 18.9 Å². The monoisotopic (exact) mass is 386 g/mol. The van der Waals surface area contributed by atoms with Crippen LogP contribution in [-0.2, 0) is 4.79 Å². The SMILES string of the molecule is COc1c(Br)cc(Cl)cc1C=C1NC(=S)N(C2CC2)C1=O. The first-order chi connectivity index (χ1) is 10.0. The third-order valence-corrected chi connectivity index (χ3v) is 4.47. The highest BCUT2D eigenvalue weighted by atomic mass is 79.9. The molecular formula is C14H12BrClN2O2S. The lowest BCUT2D eigenvalue weighted by Gasteiger charge is -2.11. The summed E-state index contributed by atoms with van der Waals surface area (Å²) in [5, 5.41) is 3.99. The molecule has 21 heavy (non-hydrogen) atoms. The standard InChI is InChI=1S/C14H12BrClN2O2S/c1-20-12-7(4-8(16)6-10(12)15)5-11-13(19)18(9-2-3-9)14(21)17-11/h4-6,9H,2-3H2,1H3,(H,17,21). The molecule has 2 fully saturated rings. The van der Waals surface area contributed by atoms with E-state index in [-0.39, 0.29) is 11.9 Å². The van der Waals surface area contributed by atoms with E-state index in [4.69, 9.17) is 28.6 Å². The highest BCUT2D eigenvalue weighted by Crippen LogP contribution is 2.35. The van der Waals surface area contributed by atoms with E-state index in [0.29, 0.717) is 27.1 Å². The predicted molar refractivity (Wildman–Crippen MR) is 89.3 cm³/mol. The van der Waals surface area contributed by atoms with Crippen LogP contribution in [0.2, 0.25) is 5.02 Å². The Morgan fingerprint density at radius 1 is 1.52 bits per heavy atom. The number of nitrogens with one attached hydrogen (secondary N) is 1. The van der Waals surface area contributed by atoms with Gasteiger partial charge in [0, 0.05) is 16.6 Å². The molecule has 1 aromatic carbocycles. The summed E-state index contributed by atoms with van der Waals surface area (Å²) in [6.07, 6.45) is 3.73. The minimum absolute atomic E-state index is 0.0966. The minimum Gasteiger partial charge on any atom is -0.495 e. The van der Waals surface area contributed by atoms with Gasteiger partial charge in [-0.1, -0.05) is 11.6 Å². The summed E-state index contributed by atoms with van der Waals surface area (Å²) in [7, 11) is 1.57. The van der Waals surface area contributed by atoms with Crippen LogP contribution in [0, 0.1) is 0 Å². The maximum Gasteiger partial charge on any atom is 0.276 e. The van der Waals surface area contributed by atoms with Crippen LogP contribution < -0.4 is 10.1 Å². The molecule has 0 radical (unpaired) electrons. The third kappa shape index (κ3) is 2.80. The van der Waals surface area contributed by atoms with E-state index < -0.39 is 0 Å². The number of ether oxygens (including phenoxy) is 1. The summed E-state index contributed by atoms with van der Waals surface area (Å²) in [5.41, 5.74) is 1.16. The zero-order valence-corrected chi connectivity index (χ0v) is 14.3. The number of rotatable bonds is 3. The van der Waals surface area contributed by atoms with Gasteiger partial charge in [-0.05, 0) is 59.2 Å². The molecule has 1 saturated carbocycles. The summed E-state index contributed by atoms with van der Waals surface area (Å²) in [6.45, 7) is 0. The number of hydrogen-bond acceptors (Lipinski definition) is 3. The average molecular weight is 388 g/mol. The molecule has 1 aliphatic carbocycles. The van der Waals surface area contributed by atoms with Crippen molar-refractivity contribution in [3.05, 3.63) is 32.9 Å².